The van der Waals surface area contributed by atoms with Gasteiger partial charge in [0.25, 0.3) is 5.91 Å². The van der Waals surface area contributed by atoms with Gasteiger partial charge < -0.3 is 0 Å². The number of nitrogens with zero attached hydrogens (tertiary/aromatic N) is 1. The standard InChI is InChI=1S/C15H17NO2/c17-15(12-6-2-1-3-7-12)16-13-8-4-5-9-14(18-16)11-10-13/h1-3,6-7,10-11,13-14H,4-5,8-9H2. The van der Waals surface area contributed by atoms with Crippen LogP contribution in [-0.2, 0) is 4.84 Å². The lowest BCUT2D eigenvalue weighted by atomic mass is 9.98. The van der Waals surface area contributed by atoms with Crippen LogP contribution in [0.5, 0.6) is 0 Å². The molecule has 0 aromatic heterocycles. The topological polar surface area (TPSA) is 29.5 Å². The van der Waals surface area contributed by atoms with Crippen molar-refractivity contribution in [1.29, 1.82) is 0 Å². The fraction of sp³-hybridized carbons (Fsp3) is 0.400. The molecule has 0 N–H and O–H groups in total. The predicted molar refractivity (Wildman–Crippen MR) is 68.9 cm³/mol. The second-order valence-corrected chi connectivity index (χ2v) is 4.88. The number of rotatable bonds is 1. The van der Waals surface area contributed by atoms with Crippen LogP contribution in [0.4, 0.5) is 0 Å². The molecule has 1 aromatic carbocycles. The van der Waals surface area contributed by atoms with Gasteiger partial charge in [-0.05, 0) is 25.0 Å². The lowest BCUT2D eigenvalue weighted by molar-refractivity contribution is -0.179. The van der Waals surface area contributed by atoms with Gasteiger partial charge in [0.05, 0.1) is 6.04 Å². The van der Waals surface area contributed by atoms with Gasteiger partial charge in [0.15, 0.2) is 0 Å². The summed E-state index contributed by atoms with van der Waals surface area (Å²) in [5.41, 5.74) is 0.692. The first-order chi connectivity index (χ1) is 8.84. The fourth-order valence-electron chi connectivity index (χ4n) is 2.56. The van der Waals surface area contributed by atoms with Crippen LogP contribution in [0, 0.1) is 0 Å². The molecule has 1 saturated heterocycles. The van der Waals surface area contributed by atoms with Crippen molar-refractivity contribution in [2.45, 2.75) is 37.8 Å². The maximum atomic E-state index is 12.4. The van der Waals surface area contributed by atoms with E-state index in [1.807, 2.05) is 30.3 Å². The number of fused-ring (bicyclic) bond motifs is 4. The molecule has 1 aliphatic carbocycles. The van der Waals surface area contributed by atoms with Crippen molar-refractivity contribution in [3.05, 3.63) is 48.0 Å². The van der Waals surface area contributed by atoms with E-state index >= 15 is 0 Å². The first kappa shape index (κ1) is 11.5. The van der Waals surface area contributed by atoms with Crippen molar-refractivity contribution >= 4 is 5.91 Å². The van der Waals surface area contributed by atoms with E-state index in [-0.39, 0.29) is 18.1 Å². The molecule has 1 fully saturated rings. The van der Waals surface area contributed by atoms with E-state index in [0.29, 0.717) is 5.56 Å². The van der Waals surface area contributed by atoms with E-state index in [4.69, 9.17) is 4.84 Å². The number of amides is 1. The summed E-state index contributed by atoms with van der Waals surface area (Å²) in [4.78, 5) is 18.2. The third kappa shape index (κ3) is 2.18. The molecule has 2 heterocycles. The average molecular weight is 243 g/mol. The van der Waals surface area contributed by atoms with Crippen molar-refractivity contribution in [2.24, 2.45) is 0 Å². The SMILES string of the molecule is O=C(c1ccccc1)N1OC2C=CC1CCCC2. The molecule has 3 aliphatic rings. The molecule has 18 heavy (non-hydrogen) atoms. The Bertz CT molecular complexity index is 455. The summed E-state index contributed by atoms with van der Waals surface area (Å²) in [6.45, 7) is 0. The Morgan fingerprint density at radius 3 is 2.72 bits per heavy atom. The van der Waals surface area contributed by atoms with Crippen molar-refractivity contribution < 1.29 is 9.63 Å². The van der Waals surface area contributed by atoms with Crippen molar-refractivity contribution in [1.82, 2.24) is 5.06 Å². The molecule has 2 atom stereocenters. The number of hydroxylamine groups is 2. The summed E-state index contributed by atoms with van der Waals surface area (Å²) in [5, 5.41) is 1.57. The molecular weight excluding hydrogens is 226 g/mol. The minimum atomic E-state index is -0.0307. The van der Waals surface area contributed by atoms with Gasteiger partial charge >= 0.3 is 0 Å². The highest BCUT2D eigenvalue weighted by atomic mass is 16.7. The Hall–Kier alpha value is -1.61. The van der Waals surface area contributed by atoms with E-state index in [9.17, 15) is 4.79 Å². The lowest BCUT2D eigenvalue weighted by Gasteiger charge is -2.37. The molecule has 94 valence electrons. The first-order valence-corrected chi connectivity index (χ1v) is 6.58. The number of benzene rings is 1. The minimum Gasteiger partial charge on any atom is -0.267 e. The summed E-state index contributed by atoms with van der Waals surface area (Å²) in [5.74, 6) is -0.0307. The Kier molecular flexibility index (Phi) is 3.15. The molecule has 4 rings (SSSR count). The molecule has 0 radical (unpaired) electrons. The highest BCUT2D eigenvalue weighted by Gasteiger charge is 2.31. The normalized spacial score (nSPS) is 26.8. The number of hydrogen-bond acceptors (Lipinski definition) is 2. The molecule has 0 saturated carbocycles. The third-order valence-electron chi connectivity index (χ3n) is 3.56. The molecule has 3 nitrogen and oxygen atoms in total. The van der Waals surface area contributed by atoms with E-state index < -0.39 is 0 Å². The molecule has 1 amide bonds. The second kappa shape index (κ2) is 4.94. The molecular formula is C15H17NO2. The van der Waals surface area contributed by atoms with Crippen LogP contribution in [0.2, 0.25) is 0 Å². The monoisotopic (exact) mass is 243 g/mol. The van der Waals surface area contributed by atoms with E-state index in [1.165, 1.54) is 6.42 Å². The number of hydrogen-bond donors (Lipinski definition) is 0. The van der Waals surface area contributed by atoms with Crippen molar-refractivity contribution in [2.75, 3.05) is 0 Å². The molecule has 2 unspecified atom stereocenters. The quantitative estimate of drug-likeness (QED) is 0.710. The summed E-state index contributed by atoms with van der Waals surface area (Å²) in [6.07, 6.45) is 8.61. The van der Waals surface area contributed by atoms with E-state index in [0.717, 1.165) is 19.3 Å². The van der Waals surface area contributed by atoms with Crippen molar-refractivity contribution in [3.8, 4) is 0 Å². The Morgan fingerprint density at radius 1 is 1.11 bits per heavy atom. The second-order valence-electron chi connectivity index (χ2n) is 4.88. The molecule has 2 bridgehead atoms. The maximum Gasteiger partial charge on any atom is 0.278 e. The van der Waals surface area contributed by atoms with Gasteiger partial charge in [-0.3, -0.25) is 9.63 Å². The summed E-state index contributed by atoms with van der Waals surface area (Å²) in [6, 6.07) is 9.44. The lowest BCUT2D eigenvalue weighted by Crippen LogP contribution is -2.45. The van der Waals surface area contributed by atoms with E-state index in [1.54, 1.807) is 5.06 Å². The van der Waals surface area contributed by atoms with Gasteiger partial charge in [0, 0.05) is 5.56 Å². The van der Waals surface area contributed by atoms with E-state index in [2.05, 4.69) is 12.2 Å². The zero-order valence-corrected chi connectivity index (χ0v) is 10.3. The molecule has 2 aliphatic heterocycles. The maximum absolute atomic E-state index is 12.4. The van der Waals surface area contributed by atoms with Crippen LogP contribution >= 0.6 is 0 Å². The summed E-state index contributed by atoms with van der Waals surface area (Å²) < 4.78 is 0. The van der Waals surface area contributed by atoms with Crippen LogP contribution in [0.25, 0.3) is 0 Å². The van der Waals surface area contributed by atoms with Crippen LogP contribution in [0.15, 0.2) is 42.5 Å². The largest absolute Gasteiger partial charge is 0.278 e. The van der Waals surface area contributed by atoms with Gasteiger partial charge in [-0.1, -0.05) is 43.2 Å². The number of carbonyl (C=O) groups excluding carboxylic acids is 1. The highest BCUT2D eigenvalue weighted by Crippen LogP contribution is 2.26. The van der Waals surface area contributed by atoms with Crippen molar-refractivity contribution in [3.63, 3.8) is 0 Å². The zero-order valence-electron chi connectivity index (χ0n) is 10.3. The zero-order chi connectivity index (χ0) is 12.4. The number of carbonyl (C=O) groups is 1. The van der Waals surface area contributed by atoms with Gasteiger partial charge in [-0.2, -0.15) is 0 Å². The first-order valence-electron chi connectivity index (χ1n) is 6.58. The highest BCUT2D eigenvalue weighted by molar-refractivity contribution is 5.93. The van der Waals surface area contributed by atoms with Crippen LogP contribution < -0.4 is 0 Å². The van der Waals surface area contributed by atoms with Gasteiger partial charge in [-0.25, -0.2) is 5.06 Å². The van der Waals surface area contributed by atoms with Gasteiger partial charge in [0.2, 0.25) is 0 Å². The van der Waals surface area contributed by atoms with Gasteiger partial charge in [-0.15, -0.1) is 0 Å². The molecule has 1 aromatic rings. The summed E-state index contributed by atoms with van der Waals surface area (Å²) in [7, 11) is 0. The fourth-order valence-corrected chi connectivity index (χ4v) is 2.56. The summed E-state index contributed by atoms with van der Waals surface area (Å²) >= 11 is 0. The molecule has 0 spiro atoms. The van der Waals surface area contributed by atoms with Gasteiger partial charge in [0.1, 0.15) is 6.10 Å². The Morgan fingerprint density at radius 2 is 1.89 bits per heavy atom. The average Bonchev–Trinajstić information content (AvgIpc) is 2.39. The van der Waals surface area contributed by atoms with Crippen LogP contribution in [0.1, 0.15) is 36.0 Å². The van der Waals surface area contributed by atoms with Crippen LogP contribution in [-0.4, -0.2) is 23.1 Å². The Labute approximate surface area is 107 Å². The minimum absolute atomic E-state index is 0.0307. The molecule has 3 heteroatoms. The van der Waals surface area contributed by atoms with Crippen LogP contribution in [0.3, 0.4) is 0 Å². The predicted octanol–water partition coefficient (Wildman–Crippen LogP) is 2.94. The Balaban J connectivity index is 1.84. The third-order valence-corrected chi connectivity index (χ3v) is 3.56. The smallest absolute Gasteiger partial charge is 0.267 e.